The third kappa shape index (κ3) is 2.88. The summed E-state index contributed by atoms with van der Waals surface area (Å²) in [6.45, 7) is 2.86. The second-order valence-electron chi connectivity index (χ2n) is 5.70. The van der Waals surface area contributed by atoms with Gasteiger partial charge < -0.3 is 4.57 Å². The fourth-order valence-electron chi connectivity index (χ4n) is 2.78. The Morgan fingerprint density at radius 2 is 2.04 bits per heavy atom. The van der Waals surface area contributed by atoms with Crippen LogP contribution < -0.4 is 0 Å². The molecule has 6 heteroatoms. The van der Waals surface area contributed by atoms with Gasteiger partial charge in [0.05, 0.1) is 30.0 Å². The summed E-state index contributed by atoms with van der Waals surface area (Å²) in [6.07, 6.45) is 7.63. The van der Waals surface area contributed by atoms with Gasteiger partial charge in [0.15, 0.2) is 0 Å². The molecule has 5 nitrogen and oxygen atoms in total. The first-order chi connectivity index (χ1) is 11.8. The molecule has 0 radical (unpaired) electrons. The molecule has 0 bridgehead atoms. The average molecular weight is 335 g/mol. The number of imidazole rings is 1. The van der Waals surface area contributed by atoms with Gasteiger partial charge in [-0.15, -0.1) is 16.4 Å². The van der Waals surface area contributed by atoms with E-state index in [4.69, 9.17) is 0 Å². The highest BCUT2D eigenvalue weighted by molar-refractivity contribution is 7.13. The number of aromatic nitrogens is 5. The Bertz CT molecular complexity index is 908. The van der Waals surface area contributed by atoms with Crippen LogP contribution in [0.5, 0.6) is 0 Å². The molecule has 0 saturated carbocycles. The second kappa shape index (κ2) is 6.41. The minimum absolute atomic E-state index is 0.0712. The standard InChI is InChI=1S/C18H17N5S/c1-14-7-10-24-18(14)16-11-23(21-20-16)17(12-22-9-8-19-13-22)15-5-3-2-4-6-15/h2-11,13,17H,12H2,1H3. The number of aryl methyl sites for hydroxylation is 1. The van der Waals surface area contributed by atoms with Crippen molar-refractivity contribution in [3.8, 4) is 10.6 Å². The molecule has 3 aromatic heterocycles. The molecule has 120 valence electrons. The van der Waals surface area contributed by atoms with Crippen molar-refractivity contribution < 1.29 is 0 Å². The summed E-state index contributed by atoms with van der Waals surface area (Å²) in [5, 5.41) is 10.9. The summed E-state index contributed by atoms with van der Waals surface area (Å²) in [6, 6.07) is 12.6. The van der Waals surface area contributed by atoms with Gasteiger partial charge in [0.2, 0.25) is 0 Å². The van der Waals surface area contributed by atoms with Crippen molar-refractivity contribution in [1.29, 1.82) is 0 Å². The molecule has 4 aromatic rings. The number of nitrogens with zero attached hydrogens (tertiary/aromatic N) is 5. The van der Waals surface area contributed by atoms with Gasteiger partial charge in [-0.2, -0.15) is 0 Å². The molecule has 0 N–H and O–H groups in total. The molecule has 24 heavy (non-hydrogen) atoms. The molecular weight excluding hydrogens is 318 g/mol. The summed E-state index contributed by atoms with van der Waals surface area (Å²) in [5.41, 5.74) is 3.36. The Balaban J connectivity index is 1.71. The van der Waals surface area contributed by atoms with Crippen molar-refractivity contribution in [3.63, 3.8) is 0 Å². The fraction of sp³-hybridized carbons (Fsp3) is 0.167. The van der Waals surface area contributed by atoms with Crippen molar-refractivity contribution in [1.82, 2.24) is 24.5 Å². The van der Waals surface area contributed by atoms with E-state index in [0.717, 1.165) is 12.2 Å². The molecule has 1 atom stereocenters. The van der Waals surface area contributed by atoms with Gasteiger partial charge in [-0.3, -0.25) is 0 Å². The molecule has 3 heterocycles. The molecule has 0 fully saturated rings. The Morgan fingerprint density at radius 1 is 1.17 bits per heavy atom. The highest BCUT2D eigenvalue weighted by atomic mass is 32.1. The van der Waals surface area contributed by atoms with Crippen LogP contribution in [0.2, 0.25) is 0 Å². The lowest BCUT2D eigenvalue weighted by molar-refractivity contribution is 0.443. The maximum Gasteiger partial charge on any atom is 0.123 e. The third-order valence-corrected chi connectivity index (χ3v) is 5.09. The van der Waals surface area contributed by atoms with Crippen LogP contribution in [0, 0.1) is 6.92 Å². The van der Waals surface area contributed by atoms with Crippen molar-refractivity contribution in [2.24, 2.45) is 0 Å². The first kappa shape index (κ1) is 14.8. The molecule has 0 aliphatic rings. The Hall–Kier alpha value is -2.73. The summed E-state index contributed by atoms with van der Waals surface area (Å²) in [4.78, 5) is 5.32. The monoisotopic (exact) mass is 335 g/mol. The minimum Gasteiger partial charge on any atom is -0.335 e. The molecule has 0 amide bonds. The molecular formula is C18H17N5S. The molecule has 0 aliphatic heterocycles. The van der Waals surface area contributed by atoms with Crippen molar-refractivity contribution >= 4 is 11.3 Å². The van der Waals surface area contributed by atoms with E-state index >= 15 is 0 Å². The molecule has 0 spiro atoms. The minimum atomic E-state index is 0.0712. The molecule has 0 aliphatic carbocycles. The molecule has 4 rings (SSSR count). The highest BCUT2D eigenvalue weighted by Gasteiger charge is 2.18. The summed E-state index contributed by atoms with van der Waals surface area (Å²) in [7, 11) is 0. The quantitative estimate of drug-likeness (QED) is 0.557. The zero-order chi connectivity index (χ0) is 16.4. The van der Waals surface area contributed by atoms with Crippen LogP contribution in [0.25, 0.3) is 10.6 Å². The average Bonchev–Trinajstić information content (AvgIpc) is 3.35. The highest BCUT2D eigenvalue weighted by Crippen LogP contribution is 2.28. The van der Waals surface area contributed by atoms with Gasteiger partial charge in [0, 0.05) is 12.4 Å². The number of rotatable bonds is 5. The maximum absolute atomic E-state index is 4.41. The zero-order valence-corrected chi connectivity index (χ0v) is 14.1. The van der Waals surface area contributed by atoms with E-state index in [0.29, 0.717) is 0 Å². The van der Waals surface area contributed by atoms with E-state index in [1.165, 1.54) is 16.0 Å². The van der Waals surface area contributed by atoms with Crippen molar-refractivity contribution in [2.75, 3.05) is 0 Å². The van der Waals surface area contributed by atoms with Gasteiger partial charge in [-0.1, -0.05) is 35.5 Å². The predicted molar refractivity (Wildman–Crippen MR) is 94.9 cm³/mol. The lowest BCUT2D eigenvalue weighted by Crippen LogP contribution is -2.17. The van der Waals surface area contributed by atoms with Gasteiger partial charge in [-0.25, -0.2) is 9.67 Å². The second-order valence-corrected chi connectivity index (χ2v) is 6.62. The van der Waals surface area contributed by atoms with E-state index < -0.39 is 0 Å². The molecule has 1 aromatic carbocycles. The van der Waals surface area contributed by atoms with E-state index in [9.17, 15) is 0 Å². The van der Waals surface area contributed by atoms with E-state index in [2.05, 4.69) is 62.5 Å². The van der Waals surface area contributed by atoms with Crippen LogP contribution in [0.4, 0.5) is 0 Å². The van der Waals surface area contributed by atoms with Gasteiger partial charge in [0.25, 0.3) is 0 Å². The van der Waals surface area contributed by atoms with Crippen LogP contribution in [0.15, 0.2) is 66.7 Å². The van der Waals surface area contributed by atoms with Crippen LogP contribution in [-0.4, -0.2) is 24.5 Å². The topological polar surface area (TPSA) is 48.5 Å². The smallest absolute Gasteiger partial charge is 0.123 e. The first-order valence-corrected chi connectivity index (χ1v) is 8.66. The Kier molecular flexibility index (Phi) is 3.96. The summed E-state index contributed by atoms with van der Waals surface area (Å²) < 4.78 is 4.01. The van der Waals surface area contributed by atoms with Crippen LogP contribution in [0.1, 0.15) is 17.2 Å². The predicted octanol–water partition coefficient (Wildman–Crippen LogP) is 3.80. The van der Waals surface area contributed by atoms with Crippen LogP contribution in [0.3, 0.4) is 0 Å². The van der Waals surface area contributed by atoms with Crippen molar-refractivity contribution in [3.05, 3.63) is 77.8 Å². The maximum atomic E-state index is 4.41. The SMILES string of the molecule is Cc1ccsc1-c1cn(C(Cn2ccnc2)c2ccccc2)nn1. The molecule has 1 unspecified atom stereocenters. The Labute approximate surface area is 144 Å². The lowest BCUT2D eigenvalue weighted by atomic mass is 10.1. The lowest BCUT2D eigenvalue weighted by Gasteiger charge is -2.17. The summed E-state index contributed by atoms with van der Waals surface area (Å²) >= 11 is 1.70. The Morgan fingerprint density at radius 3 is 2.75 bits per heavy atom. The number of hydrogen-bond acceptors (Lipinski definition) is 4. The van der Waals surface area contributed by atoms with E-state index in [1.54, 1.807) is 17.5 Å². The van der Waals surface area contributed by atoms with Crippen LogP contribution in [-0.2, 0) is 6.54 Å². The third-order valence-electron chi connectivity index (χ3n) is 4.05. The van der Waals surface area contributed by atoms with E-state index in [-0.39, 0.29) is 6.04 Å². The largest absolute Gasteiger partial charge is 0.335 e. The van der Waals surface area contributed by atoms with Gasteiger partial charge in [0.1, 0.15) is 5.69 Å². The number of hydrogen-bond donors (Lipinski definition) is 0. The van der Waals surface area contributed by atoms with E-state index in [1.807, 2.05) is 29.5 Å². The van der Waals surface area contributed by atoms with Gasteiger partial charge >= 0.3 is 0 Å². The number of benzene rings is 1. The zero-order valence-electron chi connectivity index (χ0n) is 13.3. The fourth-order valence-corrected chi connectivity index (χ4v) is 3.66. The number of thiophene rings is 1. The van der Waals surface area contributed by atoms with Gasteiger partial charge in [-0.05, 0) is 29.5 Å². The summed E-state index contributed by atoms with van der Waals surface area (Å²) in [5.74, 6) is 0. The molecule has 0 saturated heterocycles. The normalized spacial score (nSPS) is 12.4. The van der Waals surface area contributed by atoms with Crippen LogP contribution >= 0.6 is 11.3 Å². The van der Waals surface area contributed by atoms with Crippen molar-refractivity contribution in [2.45, 2.75) is 19.5 Å². The first-order valence-electron chi connectivity index (χ1n) is 7.78.